The highest BCUT2D eigenvalue weighted by atomic mass is 32.1. The van der Waals surface area contributed by atoms with Crippen molar-refractivity contribution in [3.63, 3.8) is 0 Å². The Morgan fingerprint density at radius 3 is 3.11 bits per heavy atom. The van der Waals surface area contributed by atoms with E-state index in [-0.39, 0.29) is 12.1 Å². The summed E-state index contributed by atoms with van der Waals surface area (Å²) >= 11 is 1.81. The van der Waals surface area contributed by atoms with E-state index in [1.54, 1.807) is 6.20 Å². The lowest BCUT2D eigenvalue weighted by Crippen LogP contribution is -2.47. The molecule has 0 saturated carbocycles. The number of anilines is 1. The standard InChI is InChI=1S/C21H24N4O2S/c1-13(26)10-15-12-27-9-8-25(15)20-18-16-5-2-6-17(16)28-21(18)24-19(23-20)14-4-3-7-22-11-14/h3-4,7,11,13,15,26H,2,5-6,8-10,12H2,1H3. The molecule has 0 aromatic carbocycles. The van der Waals surface area contributed by atoms with Gasteiger partial charge in [0.1, 0.15) is 10.6 Å². The van der Waals surface area contributed by atoms with E-state index in [2.05, 4.69) is 9.88 Å². The minimum atomic E-state index is -0.377. The van der Waals surface area contributed by atoms with Gasteiger partial charge in [0.25, 0.3) is 0 Å². The number of ether oxygens (including phenoxy) is 1. The van der Waals surface area contributed by atoms with Crippen molar-refractivity contribution in [2.45, 2.75) is 44.8 Å². The van der Waals surface area contributed by atoms with Gasteiger partial charge in [0.05, 0.1) is 30.7 Å². The summed E-state index contributed by atoms with van der Waals surface area (Å²) < 4.78 is 5.73. The molecular formula is C21H24N4O2S. The maximum Gasteiger partial charge on any atom is 0.164 e. The Hall–Kier alpha value is -2.09. The summed E-state index contributed by atoms with van der Waals surface area (Å²) in [6, 6.07) is 4.04. The van der Waals surface area contributed by atoms with Crippen molar-refractivity contribution in [3.05, 3.63) is 35.0 Å². The maximum atomic E-state index is 10.0. The lowest BCUT2D eigenvalue weighted by molar-refractivity contribution is 0.0719. The van der Waals surface area contributed by atoms with Gasteiger partial charge in [0, 0.05) is 29.4 Å². The number of morpholine rings is 1. The highest BCUT2D eigenvalue weighted by molar-refractivity contribution is 7.19. The van der Waals surface area contributed by atoms with Crippen LogP contribution in [-0.2, 0) is 17.6 Å². The van der Waals surface area contributed by atoms with E-state index in [0.29, 0.717) is 19.6 Å². The van der Waals surface area contributed by atoms with Crippen molar-refractivity contribution < 1.29 is 9.84 Å². The fourth-order valence-electron chi connectivity index (χ4n) is 4.33. The lowest BCUT2D eigenvalue weighted by Gasteiger charge is -2.37. The van der Waals surface area contributed by atoms with Crippen LogP contribution in [0.2, 0.25) is 0 Å². The second-order valence-corrected chi connectivity index (χ2v) is 8.74. The van der Waals surface area contributed by atoms with Crippen LogP contribution in [0.15, 0.2) is 24.5 Å². The van der Waals surface area contributed by atoms with E-state index in [4.69, 9.17) is 14.7 Å². The Balaban J connectivity index is 1.69. The van der Waals surface area contributed by atoms with Gasteiger partial charge < -0.3 is 14.7 Å². The van der Waals surface area contributed by atoms with Crippen LogP contribution in [-0.4, -0.2) is 52.0 Å². The largest absolute Gasteiger partial charge is 0.393 e. The highest BCUT2D eigenvalue weighted by Crippen LogP contribution is 2.42. The molecule has 2 atom stereocenters. The van der Waals surface area contributed by atoms with E-state index in [9.17, 15) is 5.11 Å². The molecule has 1 fully saturated rings. The zero-order valence-electron chi connectivity index (χ0n) is 16.0. The summed E-state index contributed by atoms with van der Waals surface area (Å²) in [5.41, 5.74) is 2.36. The molecule has 0 radical (unpaired) electrons. The number of hydrogen-bond donors (Lipinski definition) is 1. The molecule has 7 heteroatoms. The Morgan fingerprint density at radius 2 is 2.29 bits per heavy atom. The molecule has 28 heavy (non-hydrogen) atoms. The SMILES string of the molecule is CC(O)CC1COCCN1c1nc(-c2cccnc2)nc2sc3c(c12)CCC3. The van der Waals surface area contributed by atoms with Gasteiger partial charge in [-0.1, -0.05) is 0 Å². The third-order valence-corrected chi connectivity index (χ3v) is 6.76. The second kappa shape index (κ2) is 7.39. The first-order chi connectivity index (χ1) is 13.7. The van der Waals surface area contributed by atoms with Crippen molar-refractivity contribution in [1.82, 2.24) is 15.0 Å². The predicted octanol–water partition coefficient (Wildman–Crippen LogP) is 3.22. The Kier molecular flexibility index (Phi) is 4.74. The number of fused-ring (bicyclic) bond motifs is 3. The third-order valence-electron chi connectivity index (χ3n) is 5.58. The van der Waals surface area contributed by atoms with Crippen LogP contribution in [0, 0.1) is 0 Å². The van der Waals surface area contributed by atoms with Crippen LogP contribution >= 0.6 is 11.3 Å². The van der Waals surface area contributed by atoms with E-state index in [1.165, 1.54) is 22.2 Å². The molecule has 1 aliphatic carbocycles. The van der Waals surface area contributed by atoms with Gasteiger partial charge in [-0.15, -0.1) is 11.3 Å². The summed E-state index contributed by atoms with van der Waals surface area (Å²) in [6.07, 6.45) is 7.32. The monoisotopic (exact) mass is 396 g/mol. The molecule has 6 nitrogen and oxygen atoms in total. The third kappa shape index (κ3) is 3.17. The number of aromatic nitrogens is 3. The van der Waals surface area contributed by atoms with Crippen LogP contribution < -0.4 is 4.90 Å². The molecule has 1 N–H and O–H groups in total. The Bertz CT molecular complexity index is 989. The number of pyridine rings is 1. The molecule has 5 rings (SSSR count). The molecule has 0 bridgehead atoms. The van der Waals surface area contributed by atoms with Gasteiger partial charge in [-0.3, -0.25) is 4.98 Å². The average molecular weight is 397 g/mol. The molecule has 3 aromatic heterocycles. The van der Waals surface area contributed by atoms with Gasteiger partial charge in [-0.2, -0.15) is 0 Å². The average Bonchev–Trinajstić information content (AvgIpc) is 3.29. The number of nitrogens with zero attached hydrogens (tertiary/aromatic N) is 4. The number of aliphatic hydroxyl groups excluding tert-OH is 1. The minimum Gasteiger partial charge on any atom is -0.393 e. The molecule has 2 unspecified atom stereocenters. The first-order valence-corrected chi connectivity index (χ1v) is 10.8. The summed E-state index contributed by atoms with van der Waals surface area (Å²) in [5.74, 6) is 1.72. The quantitative estimate of drug-likeness (QED) is 0.730. The van der Waals surface area contributed by atoms with Gasteiger partial charge in [-0.05, 0) is 50.3 Å². The van der Waals surface area contributed by atoms with Crippen molar-refractivity contribution in [3.8, 4) is 11.4 Å². The predicted molar refractivity (Wildman–Crippen MR) is 111 cm³/mol. The van der Waals surface area contributed by atoms with Crippen LogP contribution in [0.5, 0.6) is 0 Å². The molecule has 0 spiro atoms. The van der Waals surface area contributed by atoms with Crippen molar-refractivity contribution in [2.75, 3.05) is 24.7 Å². The van der Waals surface area contributed by atoms with Crippen LogP contribution in [0.3, 0.4) is 0 Å². The number of hydrogen-bond acceptors (Lipinski definition) is 7. The van der Waals surface area contributed by atoms with Crippen LogP contribution in [0.25, 0.3) is 21.6 Å². The lowest BCUT2D eigenvalue weighted by atomic mass is 10.1. The minimum absolute atomic E-state index is 0.116. The zero-order chi connectivity index (χ0) is 19.1. The van der Waals surface area contributed by atoms with E-state index < -0.39 is 0 Å². The van der Waals surface area contributed by atoms with Crippen molar-refractivity contribution in [2.24, 2.45) is 0 Å². The Morgan fingerprint density at radius 1 is 1.36 bits per heavy atom. The summed E-state index contributed by atoms with van der Waals surface area (Å²) in [7, 11) is 0. The second-order valence-electron chi connectivity index (χ2n) is 7.66. The molecule has 4 heterocycles. The number of thiophene rings is 1. The van der Waals surface area contributed by atoms with E-state index in [1.807, 2.05) is 36.6 Å². The number of aryl methyl sites for hydroxylation is 2. The molecular weight excluding hydrogens is 372 g/mol. The smallest absolute Gasteiger partial charge is 0.164 e. The topological polar surface area (TPSA) is 71.4 Å². The first-order valence-electron chi connectivity index (χ1n) is 9.96. The first kappa shape index (κ1) is 18.0. The molecule has 0 amide bonds. The van der Waals surface area contributed by atoms with Crippen LogP contribution in [0.4, 0.5) is 5.82 Å². The molecule has 2 aliphatic rings. The Labute approximate surface area is 168 Å². The normalized spacial score (nSPS) is 20.5. The zero-order valence-corrected chi connectivity index (χ0v) is 16.8. The summed E-state index contributed by atoms with van der Waals surface area (Å²) in [4.78, 5) is 19.1. The van der Waals surface area contributed by atoms with Crippen molar-refractivity contribution >= 4 is 27.4 Å². The van der Waals surface area contributed by atoms with Gasteiger partial charge in [-0.25, -0.2) is 9.97 Å². The van der Waals surface area contributed by atoms with Gasteiger partial charge in [0.2, 0.25) is 0 Å². The van der Waals surface area contributed by atoms with E-state index >= 15 is 0 Å². The fraction of sp³-hybridized carbons (Fsp3) is 0.476. The fourth-order valence-corrected chi connectivity index (χ4v) is 5.59. The van der Waals surface area contributed by atoms with Gasteiger partial charge in [0.15, 0.2) is 5.82 Å². The van der Waals surface area contributed by atoms with E-state index in [0.717, 1.165) is 41.4 Å². The molecule has 3 aromatic rings. The highest BCUT2D eigenvalue weighted by Gasteiger charge is 2.31. The number of rotatable bonds is 4. The number of aliphatic hydroxyl groups is 1. The van der Waals surface area contributed by atoms with Gasteiger partial charge >= 0.3 is 0 Å². The maximum absolute atomic E-state index is 10.0. The van der Waals surface area contributed by atoms with Crippen molar-refractivity contribution in [1.29, 1.82) is 0 Å². The summed E-state index contributed by atoms with van der Waals surface area (Å²) in [5, 5.41) is 11.2. The molecule has 1 saturated heterocycles. The van der Waals surface area contributed by atoms with Crippen LogP contribution in [0.1, 0.15) is 30.2 Å². The summed E-state index contributed by atoms with van der Waals surface area (Å²) in [6.45, 7) is 3.91. The molecule has 146 valence electrons. The molecule has 1 aliphatic heterocycles.